The number of hydrogen-bond donors (Lipinski definition) is 1. The van der Waals surface area contributed by atoms with E-state index in [0.29, 0.717) is 5.16 Å². The van der Waals surface area contributed by atoms with Crippen molar-refractivity contribution in [1.29, 1.82) is 0 Å². The van der Waals surface area contributed by atoms with Crippen LogP contribution in [0.4, 0.5) is 0 Å². The number of piperazine rings is 1. The van der Waals surface area contributed by atoms with E-state index >= 15 is 0 Å². The first-order valence-electron chi connectivity index (χ1n) is 12.4. The van der Waals surface area contributed by atoms with Gasteiger partial charge in [-0.3, -0.25) is 0 Å². The summed E-state index contributed by atoms with van der Waals surface area (Å²) in [6.45, 7) is 6.93. The second-order valence-corrected chi connectivity index (χ2v) is 18.1. The summed E-state index contributed by atoms with van der Waals surface area (Å²) in [5.74, 6) is 0. The zero-order valence-electron chi connectivity index (χ0n) is 22.3. The van der Waals surface area contributed by atoms with Gasteiger partial charge in [0.1, 0.15) is 0 Å². The van der Waals surface area contributed by atoms with Gasteiger partial charge in [-0.15, -0.1) is 0 Å². The molecule has 0 bridgehead atoms. The Hall–Kier alpha value is 0.291. The summed E-state index contributed by atoms with van der Waals surface area (Å²) in [6.07, 6.45) is 6.87. The van der Waals surface area contributed by atoms with E-state index in [2.05, 4.69) is 22.2 Å². The second kappa shape index (κ2) is 17.7. The molecular weight excluding hydrogens is 475 g/mol. The van der Waals surface area contributed by atoms with Crippen LogP contribution >= 0.6 is 0 Å². The molecule has 0 aliphatic carbocycles. The predicted octanol–water partition coefficient (Wildman–Crippen LogP) is 0.984. The highest BCUT2D eigenvalue weighted by Crippen LogP contribution is 2.28. The number of hydrogen-bond acceptors (Lipinski definition) is 9. The number of unbranched alkanes of at least 4 members (excludes halogenated alkanes) is 2. The lowest BCUT2D eigenvalue weighted by Crippen LogP contribution is -2.51. The maximum Gasteiger partial charge on any atom is 0.500 e. The molecule has 0 amide bonds. The molecule has 1 heterocycles. The van der Waals surface area contributed by atoms with Crippen molar-refractivity contribution in [3.05, 3.63) is 0 Å². The van der Waals surface area contributed by atoms with Crippen LogP contribution in [0.15, 0.2) is 0 Å². The van der Waals surface area contributed by atoms with Crippen molar-refractivity contribution >= 4 is 27.1 Å². The SMILES string of the molecule is CO[Si](CCCNC[SiH2]C(CCCCCN1CCN(C)CC1)[Si](OC)(OC)OC)(OC)OC. The van der Waals surface area contributed by atoms with Crippen LogP contribution in [-0.2, 0) is 26.6 Å². The number of nitrogens with one attached hydrogen (secondary N) is 1. The Balaban J connectivity index is 2.39. The van der Waals surface area contributed by atoms with Crippen LogP contribution in [0.3, 0.4) is 0 Å². The van der Waals surface area contributed by atoms with Gasteiger partial charge in [0.15, 0.2) is 0 Å². The van der Waals surface area contributed by atoms with E-state index in [1.54, 1.807) is 42.7 Å². The Morgan fingerprint density at radius 2 is 1.39 bits per heavy atom. The molecule has 0 aromatic heterocycles. The Bertz CT molecular complexity index is 466. The number of rotatable bonds is 20. The van der Waals surface area contributed by atoms with Crippen molar-refractivity contribution in [1.82, 2.24) is 15.1 Å². The van der Waals surface area contributed by atoms with Gasteiger partial charge in [0.25, 0.3) is 0 Å². The summed E-state index contributed by atoms with van der Waals surface area (Å²) in [5, 5.41) is 4.05. The topological polar surface area (TPSA) is 73.9 Å². The van der Waals surface area contributed by atoms with E-state index in [9.17, 15) is 0 Å². The number of likely N-dealkylation sites (N-methyl/N-ethyl adjacent to an activating group) is 1. The van der Waals surface area contributed by atoms with Gasteiger partial charge in [-0.25, -0.2) is 0 Å². The molecule has 1 aliphatic rings. The van der Waals surface area contributed by atoms with Crippen molar-refractivity contribution in [2.24, 2.45) is 0 Å². The fourth-order valence-electron chi connectivity index (χ4n) is 4.61. The van der Waals surface area contributed by atoms with Gasteiger partial charge < -0.3 is 41.7 Å². The molecule has 1 aliphatic heterocycles. The number of nitrogens with zero attached hydrogens (tertiary/aromatic N) is 2. The lowest BCUT2D eigenvalue weighted by molar-refractivity contribution is 0.118. The summed E-state index contributed by atoms with van der Waals surface area (Å²) in [4.78, 5) is 5.01. The van der Waals surface area contributed by atoms with Gasteiger partial charge in [-0.2, -0.15) is 0 Å². The van der Waals surface area contributed by atoms with Gasteiger partial charge in [0.05, 0.1) is 0 Å². The minimum Gasteiger partial charge on any atom is -0.377 e. The zero-order chi connectivity index (χ0) is 24.6. The van der Waals surface area contributed by atoms with Crippen molar-refractivity contribution in [3.63, 3.8) is 0 Å². The third-order valence-corrected chi connectivity index (χ3v) is 16.9. The minimum absolute atomic E-state index is 0.430. The minimum atomic E-state index is -2.61. The van der Waals surface area contributed by atoms with Crippen LogP contribution in [-0.4, -0.2) is 132 Å². The fraction of sp³-hybridized carbons (Fsp3) is 1.00. The standard InChI is InChI=1S/C21H51N3O6Si3/c1-23-15-17-24(18-16-23)14-10-8-9-12-21(33(28-5,29-6)30-7)31-20-22-13-11-19-32(25-2,26-3)27-4/h21-22H,8-20,31H2,1-7H3. The molecule has 0 aromatic carbocycles. The summed E-state index contributed by atoms with van der Waals surface area (Å²) >= 11 is 0. The molecule has 1 saturated heterocycles. The maximum atomic E-state index is 5.87. The van der Waals surface area contributed by atoms with E-state index in [1.165, 1.54) is 52.0 Å². The fourth-order valence-corrected chi connectivity index (χ4v) is 13.1. The van der Waals surface area contributed by atoms with Crippen LogP contribution < -0.4 is 5.32 Å². The van der Waals surface area contributed by atoms with Gasteiger partial charge >= 0.3 is 17.6 Å². The van der Waals surface area contributed by atoms with Crippen molar-refractivity contribution in [3.8, 4) is 0 Å². The smallest absolute Gasteiger partial charge is 0.377 e. The quantitative estimate of drug-likeness (QED) is 0.185. The first kappa shape index (κ1) is 31.3. The van der Waals surface area contributed by atoms with Crippen LogP contribution in [0.2, 0.25) is 11.2 Å². The molecule has 33 heavy (non-hydrogen) atoms. The van der Waals surface area contributed by atoms with E-state index < -0.39 is 27.1 Å². The third-order valence-electron chi connectivity index (χ3n) is 6.92. The molecule has 0 spiro atoms. The van der Waals surface area contributed by atoms with Gasteiger partial charge in [-0.05, 0) is 45.6 Å². The molecule has 0 aromatic rings. The highest BCUT2D eigenvalue weighted by Gasteiger charge is 2.46. The molecule has 1 N–H and O–H groups in total. The molecule has 12 heteroatoms. The van der Waals surface area contributed by atoms with Crippen molar-refractivity contribution in [2.75, 3.05) is 95.1 Å². The van der Waals surface area contributed by atoms with Gasteiger partial charge in [-0.1, -0.05) is 12.8 Å². The molecular formula is C21H51N3O6Si3. The van der Waals surface area contributed by atoms with Crippen LogP contribution in [0.25, 0.3) is 0 Å². The first-order chi connectivity index (χ1) is 15.9. The Kier molecular flexibility index (Phi) is 16.8. The van der Waals surface area contributed by atoms with E-state index in [0.717, 1.165) is 31.6 Å². The summed E-state index contributed by atoms with van der Waals surface area (Å²) in [5.41, 5.74) is 0. The molecule has 0 radical (unpaired) electrons. The van der Waals surface area contributed by atoms with Gasteiger partial charge in [0.2, 0.25) is 0 Å². The van der Waals surface area contributed by atoms with Gasteiger partial charge in [0, 0.05) is 89.6 Å². The molecule has 1 fully saturated rings. The highest BCUT2D eigenvalue weighted by molar-refractivity contribution is 6.73. The zero-order valence-corrected chi connectivity index (χ0v) is 25.7. The molecule has 0 saturated carbocycles. The van der Waals surface area contributed by atoms with Crippen LogP contribution in [0.5, 0.6) is 0 Å². The summed E-state index contributed by atoms with van der Waals surface area (Å²) in [7, 11) is 6.88. The normalized spacial score (nSPS) is 17.9. The van der Waals surface area contributed by atoms with E-state index in [-0.39, 0.29) is 0 Å². The average Bonchev–Trinajstić information content (AvgIpc) is 2.85. The first-order valence-corrected chi connectivity index (χ1v) is 17.9. The van der Waals surface area contributed by atoms with E-state index in [1.807, 2.05) is 0 Å². The molecule has 1 rings (SSSR count). The van der Waals surface area contributed by atoms with Crippen LogP contribution in [0, 0.1) is 0 Å². The lowest BCUT2D eigenvalue weighted by Gasteiger charge is -2.33. The molecule has 1 atom stereocenters. The Morgan fingerprint density at radius 3 is 1.94 bits per heavy atom. The monoisotopic (exact) mass is 525 g/mol. The maximum absolute atomic E-state index is 5.87. The molecule has 1 unspecified atom stereocenters. The lowest BCUT2D eigenvalue weighted by atomic mass is 10.2. The predicted molar refractivity (Wildman–Crippen MR) is 141 cm³/mol. The van der Waals surface area contributed by atoms with Crippen molar-refractivity contribution in [2.45, 2.75) is 43.3 Å². The largest absolute Gasteiger partial charge is 0.500 e. The van der Waals surface area contributed by atoms with Crippen molar-refractivity contribution < 1.29 is 26.6 Å². The summed E-state index contributed by atoms with van der Waals surface area (Å²) < 4.78 is 34.1. The second-order valence-electron chi connectivity index (χ2n) is 8.84. The Morgan fingerprint density at radius 1 is 0.788 bits per heavy atom. The van der Waals surface area contributed by atoms with Crippen LogP contribution in [0.1, 0.15) is 32.1 Å². The highest BCUT2D eigenvalue weighted by atomic mass is 28.4. The molecule has 198 valence electrons. The van der Waals surface area contributed by atoms with E-state index in [4.69, 9.17) is 26.6 Å². The molecule has 9 nitrogen and oxygen atoms in total. The average molecular weight is 526 g/mol. The third kappa shape index (κ3) is 10.8. The summed E-state index contributed by atoms with van der Waals surface area (Å²) in [6, 6.07) is 0.814. The Labute approximate surface area is 207 Å².